The minimum absolute atomic E-state index is 0.136. The van der Waals surface area contributed by atoms with Crippen molar-refractivity contribution in [3.63, 3.8) is 0 Å². The minimum atomic E-state index is 0.136. The molecule has 0 aliphatic heterocycles. The maximum Gasteiger partial charge on any atom is 0.225 e. The van der Waals surface area contributed by atoms with Gasteiger partial charge < -0.3 is 5.32 Å². The molecular weight excluding hydrogens is 340 g/mol. The van der Waals surface area contributed by atoms with Crippen LogP contribution in [0.25, 0.3) is 11.3 Å². The fraction of sp³-hybridized carbons (Fsp3) is 0.545. The monoisotopic (exact) mass is 368 g/mol. The fourth-order valence-electron chi connectivity index (χ4n) is 4.99. The van der Waals surface area contributed by atoms with Crippen molar-refractivity contribution in [2.24, 2.45) is 17.8 Å². The lowest BCUT2D eigenvalue weighted by atomic mass is 9.84. The first-order valence-corrected chi connectivity index (χ1v) is 10.6. The second-order valence-electron chi connectivity index (χ2n) is 8.24. The Hall–Kier alpha value is -1.68. The highest BCUT2D eigenvalue weighted by molar-refractivity contribution is 7.12. The Morgan fingerprint density at radius 2 is 2.00 bits per heavy atom. The lowest BCUT2D eigenvalue weighted by Gasteiger charge is -2.28. The number of amides is 1. The van der Waals surface area contributed by atoms with E-state index in [-0.39, 0.29) is 11.9 Å². The number of fused-ring (bicyclic) bond motifs is 2. The van der Waals surface area contributed by atoms with Crippen molar-refractivity contribution in [2.45, 2.75) is 58.9 Å². The summed E-state index contributed by atoms with van der Waals surface area (Å²) < 4.78 is 0. The fourth-order valence-corrected chi connectivity index (χ4v) is 5.95. The van der Waals surface area contributed by atoms with E-state index in [0.717, 1.165) is 33.0 Å². The van der Waals surface area contributed by atoms with Gasteiger partial charge in [-0.2, -0.15) is 0 Å². The average molecular weight is 369 g/mol. The molecule has 1 aromatic heterocycles. The van der Waals surface area contributed by atoms with Gasteiger partial charge in [0.2, 0.25) is 5.91 Å². The Morgan fingerprint density at radius 1 is 1.23 bits per heavy atom. The number of aryl methyl sites for hydroxylation is 2. The highest BCUT2D eigenvalue weighted by Gasteiger charge is 2.42. The van der Waals surface area contributed by atoms with Gasteiger partial charge in [-0.3, -0.25) is 4.79 Å². The van der Waals surface area contributed by atoms with Crippen LogP contribution in [0, 0.1) is 31.6 Å². The van der Waals surface area contributed by atoms with Crippen molar-refractivity contribution >= 4 is 17.2 Å². The summed E-state index contributed by atoms with van der Waals surface area (Å²) in [4.78, 5) is 18.5. The quantitative estimate of drug-likeness (QED) is 0.815. The number of thiazole rings is 1. The first-order valence-electron chi connectivity index (χ1n) is 9.82. The van der Waals surface area contributed by atoms with Gasteiger partial charge >= 0.3 is 0 Å². The molecule has 2 aliphatic rings. The third-order valence-electron chi connectivity index (χ3n) is 6.27. The second kappa shape index (κ2) is 7.15. The van der Waals surface area contributed by atoms with E-state index in [4.69, 9.17) is 0 Å². The molecule has 1 heterocycles. The van der Waals surface area contributed by atoms with Crippen LogP contribution in [0.5, 0.6) is 0 Å². The second-order valence-corrected chi connectivity index (χ2v) is 9.53. The van der Waals surface area contributed by atoms with Gasteiger partial charge in [0.15, 0.2) is 0 Å². The summed E-state index contributed by atoms with van der Waals surface area (Å²) in [5, 5.41) is 4.31. The molecule has 1 N–H and O–H groups in total. The van der Waals surface area contributed by atoms with E-state index in [1.165, 1.54) is 31.2 Å². The molecule has 4 atom stereocenters. The number of carbonyl (C=O) groups excluding carboxylic acids is 1. The zero-order chi connectivity index (χ0) is 18.3. The first kappa shape index (κ1) is 17.7. The Labute approximate surface area is 160 Å². The van der Waals surface area contributed by atoms with Crippen molar-refractivity contribution in [1.29, 1.82) is 0 Å². The number of rotatable bonds is 5. The molecule has 4 rings (SSSR count). The molecule has 2 aliphatic carbocycles. The largest absolute Gasteiger partial charge is 0.353 e. The summed E-state index contributed by atoms with van der Waals surface area (Å²) in [5.41, 5.74) is 3.30. The van der Waals surface area contributed by atoms with Crippen LogP contribution in [0.4, 0.5) is 0 Å². The highest BCUT2D eigenvalue weighted by atomic mass is 32.1. The van der Waals surface area contributed by atoms with Crippen LogP contribution in [0.2, 0.25) is 0 Å². The zero-order valence-corrected chi connectivity index (χ0v) is 16.7. The summed E-state index contributed by atoms with van der Waals surface area (Å²) in [6, 6.07) is 8.69. The number of benzene rings is 1. The van der Waals surface area contributed by atoms with Gasteiger partial charge in [0.25, 0.3) is 0 Å². The zero-order valence-electron chi connectivity index (χ0n) is 15.9. The molecule has 0 spiro atoms. The van der Waals surface area contributed by atoms with Crippen LogP contribution in [0.15, 0.2) is 24.3 Å². The van der Waals surface area contributed by atoms with E-state index in [1.54, 1.807) is 11.3 Å². The summed E-state index contributed by atoms with van der Waals surface area (Å²) in [5.74, 6) is 2.57. The van der Waals surface area contributed by atoms with Crippen LogP contribution in [0.1, 0.15) is 48.1 Å². The normalized spacial score (nSPS) is 25.4. The third kappa shape index (κ3) is 3.57. The van der Waals surface area contributed by atoms with E-state index >= 15 is 0 Å². The predicted octanol–water partition coefficient (Wildman–Crippen LogP) is 4.91. The molecule has 1 aromatic carbocycles. The smallest absolute Gasteiger partial charge is 0.225 e. The molecule has 2 saturated carbocycles. The van der Waals surface area contributed by atoms with Crippen LogP contribution in [0.3, 0.4) is 0 Å². The molecule has 138 valence electrons. The maximum absolute atomic E-state index is 12.7. The molecule has 1 amide bonds. The van der Waals surface area contributed by atoms with Crippen LogP contribution in [-0.2, 0) is 11.2 Å². The Bertz CT molecular complexity index is 795. The van der Waals surface area contributed by atoms with Gasteiger partial charge in [-0.15, -0.1) is 11.3 Å². The number of hydrogen-bond acceptors (Lipinski definition) is 3. The highest BCUT2D eigenvalue weighted by Crippen LogP contribution is 2.49. The van der Waals surface area contributed by atoms with Gasteiger partial charge in [0, 0.05) is 16.5 Å². The van der Waals surface area contributed by atoms with E-state index in [1.807, 2.05) is 6.92 Å². The number of hydrogen-bond donors (Lipinski definition) is 1. The minimum Gasteiger partial charge on any atom is -0.353 e. The number of nitrogens with zero attached hydrogens (tertiary/aromatic N) is 1. The summed E-state index contributed by atoms with van der Waals surface area (Å²) in [7, 11) is 0. The molecule has 4 unspecified atom stereocenters. The van der Waals surface area contributed by atoms with E-state index in [0.29, 0.717) is 12.3 Å². The molecule has 2 aromatic rings. The van der Waals surface area contributed by atoms with Gasteiger partial charge in [0.05, 0.1) is 17.1 Å². The average Bonchev–Trinajstić information content (AvgIpc) is 3.31. The van der Waals surface area contributed by atoms with Crippen molar-refractivity contribution in [1.82, 2.24) is 10.3 Å². The van der Waals surface area contributed by atoms with Crippen molar-refractivity contribution in [3.8, 4) is 11.3 Å². The van der Waals surface area contributed by atoms with Crippen molar-refractivity contribution in [3.05, 3.63) is 39.7 Å². The number of nitrogens with one attached hydrogen (secondary N) is 1. The van der Waals surface area contributed by atoms with Gasteiger partial charge in [-0.25, -0.2) is 4.98 Å². The van der Waals surface area contributed by atoms with Gasteiger partial charge in [0.1, 0.15) is 0 Å². The Balaban J connectivity index is 1.44. The standard InChI is InChI=1S/C22H28N2OS/c1-13-4-7-17(8-5-13)22-20(26-15(3)24-22)12-21(25)23-14(2)19-11-16-6-9-18(19)10-16/h4-5,7-8,14,16,18-19H,6,9-12H2,1-3H3,(H,23,25). The van der Waals surface area contributed by atoms with Crippen LogP contribution in [-0.4, -0.2) is 16.9 Å². The number of carbonyl (C=O) groups is 1. The topological polar surface area (TPSA) is 42.0 Å². The Morgan fingerprint density at radius 3 is 2.65 bits per heavy atom. The lowest BCUT2D eigenvalue weighted by molar-refractivity contribution is -0.121. The summed E-state index contributed by atoms with van der Waals surface area (Å²) in [6.45, 7) is 6.30. The molecule has 4 heteroatoms. The summed E-state index contributed by atoms with van der Waals surface area (Å²) in [6.07, 6.45) is 5.89. The molecule has 26 heavy (non-hydrogen) atoms. The molecule has 3 nitrogen and oxygen atoms in total. The Kier molecular flexibility index (Phi) is 4.87. The third-order valence-corrected chi connectivity index (χ3v) is 7.24. The first-order chi connectivity index (χ1) is 12.5. The summed E-state index contributed by atoms with van der Waals surface area (Å²) >= 11 is 1.64. The molecule has 0 radical (unpaired) electrons. The molecule has 2 bridgehead atoms. The molecule has 2 fully saturated rings. The van der Waals surface area contributed by atoms with Crippen LogP contribution < -0.4 is 5.32 Å². The number of aromatic nitrogens is 1. The molecular formula is C22H28N2OS. The van der Waals surface area contributed by atoms with Crippen LogP contribution >= 0.6 is 11.3 Å². The van der Waals surface area contributed by atoms with E-state index < -0.39 is 0 Å². The lowest BCUT2D eigenvalue weighted by Crippen LogP contribution is -2.40. The molecule has 0 saturated heterocycles. The van der Waals surface area contributed by atoms with Gasteiger partial charge in [-0.1, -0.05) is 36.2 Å². The predicted molar refractivity (Wildman–Crippen MR) is 107 cm³/mol. The van der Waals surface area contributed by atoms with Crippen molar-refractivity contribution in [2.75, 3.05) is 0 Å². The van der Waals surface area contributed by atoms with E-state index in [9.17, 15) is 4.79 Å². The maximum atomic E-state index is 12.7. The SMILES string of the molecule is Cc1ccc(-c2nc(C)sc2CC(=O)NC(C)C2CC3CCC2C3)cc1. The van der Waals surface area contributed by atoms with Crippen molar-refractivity contribution < 1.29 is 4.79 Å². The van der Waals surface area contributed by atoms with E-state index in [2.05, 4.69) is 48.4 Å². The van der Waals surface area contributed by atoms with Gasteiger partial charge in [-0.05, 0) is 57.8 Å².